The Morgan fingerprint density at radius 1 is 1.15 bits per heavy atom. The lowest BCUT2D eigenvalue weighted by molar-refractivity contribution is -0.199. The van der Waals surface area contributed by atoms with Gasteiger partial charge in [0.25, 0.3) is 0 Å². The molecule has 4 heteroatoms. The molecular formula is C16H18N2O2. The van der Waals surface area contributed by atoms with E-state index in [1.807, 2.05) is 0 Å². The molecule has 0 N–H and O–H groups in total. The van der Waals surface area contributed by atoms with Crippen molar-refractivity contribution >= 4 is 5.97 Å². The Balaban J connectivity index is 1.98. The largest absolute Gasteiger partial charge is 0.456 e. The number of carbonyl (C=O) groups is 1. The van der Waals surface area contributed by atoms with E-state index in [0.29, 0.717) is 30.8 Å². The highest BCUT2D eigenvalue weighted by atomic mass is 16.6. The van der Waals surface area contributed by atoms with E-state index in [9.17, 15) is 15.3 Å². The molecule has 2 atom stereocenters. The van der Waals surface area contributed by atoms with Gasteiger partial charge in [0.2, 0.25) is 0 Å². The summed E-state index contributed by atoms with van der Waals surface area (Å²) in [6, 6.07) is 4.86. The van der Waals surface area contributed by atoms with E-state index in [4.69, 9.17) is 4.74 Å². The summed E-state index contributed by atoms with van der Waals surface area (Å²) in [6.07, 6.45) is 4.28. The fourth-order valence-electron chi connectivity index (χ4n) is 5.00. The first kappa shape index (κ1) is 13.2. The van der Waals surface area contributed by atoms with Crippen molar-refractivity contribution in [2.45, 2.75) is 51.0 Å². The van der Waals surface area contributed by atoms with Gasteiger partial charge < -0.3 is 4.74 Å². The Bertz CT molecular complexity index is 550. The Labute approximate surface area is 119 Å². The average Bonchev–Trinajstić information content (AvgIpc) is 2.36. The molecule has 0 aromatic carbocycles. The maximum absolute atomic E-state index is 11.9. The first-order chi connectivity index (χ1) is 9.36. The van der Waals surface area contributed by atoms with Crippen LogP contribution in [0.15, 0.2) is 12.2 Å². The van der Waals surface area contributed by atoms with Crippen LogP contribution in [0, 0.1) is 39.4 Å². The Kier molecular flexibility index (Phi) is 2.54. The van der Waals surface area contributed by atoms with Crippen LogP contribution in [-0.4, -0.2) is 11.6 Å². The smallest absolute Gasteiger partial charge is 0.333 e. The topological polar surface area (TPSA) is 73.9 Å². The number of hydrogen-bond acceptors (Lipinski definition) is 4. The molecule has 4 aliphatic rings. The monoisotopic (exact) mass is 270 g/mol. The zero-order chi connectivity index (χ0) is 14.6. The summed E-state index contributed by atoms with van der Waals surface area (Å²) < 4.78 is 5.73. The maximum Gasteiger partial charge on any atom is 0.333 e. The zero-order valence-electron chi connectivity index (χ0n) is 11.7. The molecule has 104 valence electrons. The van der Waals surface area contributed by atoms with E-state index in [1.165, 1.54) is 0 Å². The highest BCUT2D eigenvalue weighted by Gasteiger charge is 2.65. The maximum atomic E-state index is 11.9. The number of nitriles is 2. The number of rotatable bonds is 2. The van der Waals surface area contributed by atoms with Crippen LogP contribution in [-0.2, 0) is 9.53 Å². The predicted molar refractivity (Wildman–Crippen MR) is 70.9 cm³/mol. The first-order valence-corrected chi connectivity index (χ1v) is 7.07. The molecule has 20 heavy (non-hydrogen) atoms. The van der Waals surface area contributed by atoms with Crippen LogP contribution < -0.4 is 0 Å². The Hall–Kier alpha value is -1.81. The van der Waals surface area contributed by atoms with Gasteiger partial charge in [-0.1, -0.05) is 6.58 Å². The molecule has 0 aromatic rings. The van der Waals surface area contributed by atoms with Crippen molar-refractivity contribution in [3.05, 3.63) is 12.2 Å². The molecule has 4 aliphatic carbocycles. The molecule has 0 aromatic heterocycles. The van der Waals surface area contributed by atoms with Crippen LogP contribution in [0.5, 0.6) is 0 Å². The van der Waals surface area contributed by atoms with E-state index in [-0.39, 0.29) is 0 Å². The van der Waals surface area contributed by atoms with Gasteiger partial charge in [-0.25, -0.2) is 4.79 Å². The highest BCUT2D eigenvalue weighted by Crippen LogP contribution is 2.67. The van der Waals surface area contributed by atoms with Crippen molar-refractivity contribution in [2.75, 3.05) is 0 Å². The van der Waals surface area contributed by atoms with Gasteiger partial charge in [-0.3, -0.25) is 0 Å². The van der Waals surface area contributed by atoms with Crippen LogP contribution in [0.2, 0.25) is 0 Å². The second-order valence-corrected chi connectivity index (χ2v) is 7.15. The molecule has 0 heterocycles. The number of esters is 1. The third-order valence-corrected chi connectivity index (χ3v) is 5.15. The van der Waals surface area contributed by atoms with E-state index < -0.39 is 22.4 Å². The molecule has 4 fully saturated rings. The SMILES string of the molecule is C=C(C)C(=O)OC12CC3CC(C#N)(CC(C#N)(C3)C1)C2. The fourth-order valence-corrected chi connectivity index (χ4v) is 5.00. The number of nitrogens with zero attached hydrogens (tertiary/aromatic N) is 2. The molecule has 2 unspecified atom stereocenters. The van der Waals surface area contributed by atoms with Crippen molar-refractivity contribution in [3.63, 3.8) is 0 Å². The van der Waals surface area contributed by atoms with Crippen molar-refractivity contribution < 1.29 is 9.53 Å². The minimum atomic E-state index is -0.624. The Morgan fingerprint density at radius 2 is 1.70 bits per heavy atom. The molecular weight excluding hydrogens is 252 g/mol. The summed E-state index contributed by atoms with van der Waals surface area (Å²) in [4.78, 5) is 11.9. The lowest BCUT2D eigenvalue weighted by Crippen LogP contribution is -2.60. The van der Waals surface area contributed by atoms with Gasteiger partial charge in [0.05, 0.1) is 23.0 Å². The Morgan fingerprint density at radius 3 is 2.15 bits per heavy atom. The molecule has 0 amide bonds. The molecule has 4 saturated carbocycles. The summed E-state index contributed by atoms with van der Waals surface area (Å²) in [5, 5.41) is 19.2. The number of ether oxygens (including phenoxy) is 1. The molecule has 0 saturated heterocycles. The van der Waals surface area contributed by atoms with Crippen LogP contribution in [0.4, 0.5) is 0 Å². The van der Waals surface area contributed by atoms with Gasteiger partial charge in [-0.05, 0) is 38.5 Å². The second-order valence-electron chi connectivity index (χ2n) is 7.15. The molecule has 4 bridgehead atoms. The third-order valence-electron chi connectivity index (χ3n) is 5.15. The van der Waals surface area contributed by atoms with Crippen LogP contribution in [0.1, 0.15) is 45.4 Å². The predicted octanol–water partition coefficient (Wildman–Crippen LogP) is 2.86. The van der Waals surface area contributed by atoms with Gasteiger partial charge in [-0.15, -0.1) is 0 Å². The van der Waals surface area contributed by atoms with Gasteiger partial charge in [0.1, 0.15) is 5.60 Å². The summed E-state index contributed by atoms with van der Waals surface area (Å²) >= 11 is 0. The fraction of sp³-hybridized carbons (Fsp3) is 0.688. The molecule has 0 aliphatic heterocycles. The molecule has 4 rings (SSSR count). The van der Waals surface area contributed by atoms with E-state index >= 15 is 0 Å². The van der Waals surface area contributed by atoms with Crippen molar-refractivity contribution in [1.82, 2.24) is 0 Å². The average molecular weight is 270 g/mol. The van der Waals surface area contributed by atoms with Crippen molar-refractivity contribution in [3.8, 4) is 12.1 Å². The van der Waals surface area contributed by atoms with Gasteiger partial charge >= 0.3 is 5.97 Å². The first-order valence-electron chi connectivity index (χ1n) is 7.07. The normalized spacial score (nSPS) is 44.5. The number of carbonyl (C=O) groups excluding carboxylic acids is 1. The van der Waals surface area contributed by atoms with Crippen LogP contribution in [0.25, 0.3) is 0 Å². The van der Waals surface area contributed by atoms with Gasteiger partial charge in [-0.2, -0.15) is 10.5 Å². The summed E-state index contributed by atoms with van der Waals surface area (Å²) in [5.41, 5.74) is -1.21. The minimum Gasteiger partial charge on any atom is -0.456 e. The molecule has 4 nitrogen and oxygen atoms in total. The zero-order valence-corrected chi connectivity index (χ0v) is 11.7. The molecule has 0 spiro atoms. The quantitative estimate of drug-likeness (QED) is 0.571. The lowest BCUT2D eigenvalue weighted by atomic mass is 9.43. The second kappa shape index (κ2) is 3.85. The van der Waals surface area contributed by atoms with Gasteiger partial charge in [0.15, 0.2) is 0 Å². The minimum absolute atomic E-state index is 0.323. The standard InChI is InChI=1S/C16H18N2O2/c1-11(2)13(19)20-16-5-12-3-14(7-16,9-17)6-15(4-12,8-16)10-18/h12H,1,3-8H2,2H3. The van der Waals surface area contributed by atoms with E-state index in [1.54, 1.807) is 6.92 Å². The summed E-state index contributed by atoms with van der Waals surface area (Å²) in [6.45, 7) is 5.25. The van der Waals surface area contributed by atoms with Crippen LogP contribution >= 0.6 is 0 Å². The number of hydrogen-bond donors (Lipinski definition) is 0. The summed E-state index contributed by atoms with van der Waals surface area (Å²) in [7, 11) is 0. The third kappa shape index (κ3) is 1.75. The van der Waals surface area contributed by atoms with E-state index in [0.717, 1.165) is 19.3 Å². The van der Waals surface area contributed by atoms with Crippen molar-refractivity contribution in [2.24, 2.45) is 16.7 Å². The van der Waals surface area contributed by atoms with Crippen LogP contribution in [0.3, 0.4) is 0 Å². The van der Waals surface area contributed by atoms with Crippen molar-refractivity contribution in [1.29, 1.82) is 10.5 Å². The molecule has 0 radical (unpaired) electrons. The highest BCUT2D eigenvalue weighted by molar-refractivity contribution is 5.87. The summed E-state index contributed by atoms with van der Waals surface area (Å²) in [5.74, 6) is -0.0726. The van der Waals surface area contributed by atoms with E-state index in [2.05, 4.69) is 18.7 Å². The lowest BCUT2D eigenvalue weighted by Gasteiger charge is -2.61. The van der Waals surface area contributed by atoms with Gasteiger partial charge in [0, 0.05) is 18.4 Å².